The maximum absolute atomic E-state index is 12.9. The lowest BCUT2D eigenvalue weighted by molar-refractivity contribution is 0.0663. The maximum atomic E-state index is 12.9. The number of epoxide rings is 2. The molecule has 0 bridgehead atoms. The van der Waals surface area contributed by atoms with E-state index in [-0.39, 0.29) is 17.1 Å². The molecule has 1 aromatic rings. The number of halogens is 2. The first-order chi connectivity index (χ1) is 9.82. The van der Waals surface area contributed by atoms with Gasteiger partial charge in [0.25, 0.3) is 5.91 Å². The zero-order chi connectivity index (χ0) is 15.3. The van der Waals surface area contributed by atoms with Crippen LogP contribution in [0.4, 0.5) is 0 Å². The van der Waals surface area contributed by atoms with Crippen LogP contribution in [0.5, 0.6) is 0 Å². The molecule has 4 nitrogen and oxygen atoms in total. The topological polar surface area (TPSA) is 45.4 Å². The molecule has 2 fully saturated rings. The van der Waals surface area contributed by atoms with Crippen molar-refractivity contribution in [3.05, 3.63) is 33.3 Å². The van der Waals surface area contributed by atoms with Gasteiger partial charge >= 0.3 is 0 Å². The molecule has 3 rings (SSSR count). The van der Waals surface area contributed by atoms with Crippen molar-refractivity contribution < 1.29 is 14.3 Å². The molecule has 2 saturated heterocycles. The highest BCUT2D eigenvalue weighted by molar-refractivity contribution is 9.10. The van der Waals surface area contributed by atoms with Gasteiger partial charge < -0.3 is 14.4 Å². The fraction of sp³-hybridized carbons (Fsp3) is 0.533. The van der Waals surface area contributed by atoms with Crippen molar-refractivity contribution in [1.29, 1.82) is 0 Å². The van der Waals surface area contributed by atoms with Gasteiger partial charge in [-0.2, -0.15) is 0 Å². The van der Waals surface area contributed by atoms with Crippen LogP contribution >= 0.6 is 27.5 Å². The van der Waals surface area contributed by atoms with Crippen molar-refractivity contribution in [2.24, 2.45) is 0 Å². The molecule has 0 N–H and O–H groups in total. The molecule has 0 aliphatic carbocycles. The van der Waals surface area contributed by atoms with E-state index in [4.69, 9.17) is 21.1 Å². The fourth-order valence-corrected chi connectivity index (χ4v) is 2.88. The normalized spacial score (nSPS) is 30.1. The van der Waals surface area contributed by atoms with Gasteiger partial charge in [0.1, 0.15) is 11.2 Å². The standard InChI is InChI=1S/C15H17BrClNO3/c1-14(8-20-14)6-18(7-15(2)9-21-15)13(19)10-4-3-5-11(17)12(10)16/h3-5H,6-9H2,1-2H3. The Labute approximate surface area is 137 Å². The second-order valence-corrected chi connectivity index (χ2v) is 7.44. The molecule has 21 heavy (non-hydrogen) atoms. The Morgan fingerprint density at radius 3 is 2.29 bits per heavy atom. The third-order valence-electron chi connectivity index (χ3n) is 3.79. The number of ether oxygens (including phenoxy) is 2. The van der Waals surface area contributed by atoms with Crippen LogP contribution in [-0.2, 0) is 9.47 Å². The van der Waals surface area contributed by atoms with Crippen LogP contribution in [0.1, 0.15) is 24.2 Å². The molecule has 6 heteroatoms. The molecule has 2 aliphatic heterocycles. The van der Waals surface area contributed by atoms with Crippen LogP contribution in [0.3, 0.4) is 0 Å². The first-order valence-electron chi connectivity index (χ1n) is 6.83. The molecule has 1 amide bonds. The van der Waals surface area contributed by atoms with E-state index in [9.17, 15) is 4.79 Å². The average Bonchev–Trinajstić information content (AvgIpc) is 3.33. The molecule has 0 saturated carbocycles. The lowest BCUT2D eigenvalue weighted by Crippen LogP contribution is -2.43. The number of amides is 1. The zero-order valence-electron chi connectivity index (χ0n) is 12.0. The highest BCUT2D eigenvalue weighted by atomic mass is 79.9. The zero-order valence-corrected chi connectivity index (χ0v) is 14.3. The van der Waals surface area contributed by atoms with Gasteiger partial charge in [0.2, 0.25) is 0 Å². The van der Waals surface area contributed by atoms with Crippen LogP contribution in [-0.4, -0.2) is 48.3 Å². The van der Waals surface area contributed by atoms with Crippen molar-refractivity contribution in [1.82, 2.24) is 4.90 Å². The van der Waals surface area contributed by atoms with E-state index >= 15 is 0 Å². The lowest BCUT2D eigenvalue weighted by atomic mass is 10.1. The van der Waals surface area contributed by atoms with Crippen LogP contribution in [0.25, 0.3) is 0 Å². The van der Waals surface area contributed by atoms with E-state index in [0.717, 1.165) is 0 Å². The number of hydrogen-bond donors (Lipinski definition) is 0. The van der Waals surface area contributed by atoms with Crippen LogP contribution in [0, 0.1) is 0 Å². The van der Waals surface area contributed by atoms with E-state index in [0.29, 0.717) is 41.4 Å². The number of rotatable bonds is 5. The van der Waals surface area contributed by atoms with Gasteiger partial charge in [-0.25, -0.2) is 0 Å². The molecular weight excluding hydrogens is 358 g/mol. The molecule has 2 aliphatic rings. The van der Waals surface area contributed by atoms with Gasteiger partial charge in [-0.3, -0.25) is 4.79 Å². The summed E-state index contributed by atoms with van der Waals surface area (Å²) in [5.41, 5.74) is 0.105. The Morgan fingerprint density at radius 2 is 1.81 bits per heavy atom. The Morgan fingerprint density at radius 1 is 1.29 bits per heavy atom. The average molecular weight is 375 g/mol. The van der Waals surface area contributed by atoms with E-state index in [2.05, 4.69) is 15.9 Å². The summed E-state index contributed by atoms with van der Waals surface area (Å²) in [5, 5.41) is 0.531. The number of nitrogens with zero attached hydrogens (tertiary/aromatic N) is 1. The van der Waals surface area contributed by atoms with E-state index < -0.39 is 0 Å². The summed E-state index contributed by atoms with van der Waals surface area (Å²) in [6.45, 7) is 6.51. The Hall–Kier alpha value is -0.620. The summed E-state index contributed by atoms with van der Waals surface area (Å²) in [7, 11) is 0. The highest BCUT2D eigenvalue weighted by Crippen LogP contribution is 2.34. The largest absolute Gasteiger partial charge is 0.368 e. The lowest BCUT2D eigenvalue weighted by Gasteiger charge is -2.27. The van der Waals surface area contributed by atoms with Gasteiger partial charge in [-0.15, -0.1) is 0 Å². The van der Waals surface area contributed by atoms with Gasteiger partial charge in [0, 0.05) is 4.47 Å². The van der Waals surface area contributed by atoms with Crippen molar-refractivity contribution >= 4 is 33.4 Å². The van der Waals surface area contributed by atoms with Gasteiger partial charge in [-0.1, -0.05) is 17.7 Å². The minimum atomic E-state index is -0.230. The van der Waals surface area contributed by atoms with Crippen molar-refractivity contribution in [3.8, 4) is 0 Å². The van der Waals surface area contributed by atoms with Gasteiger partial charge in [0.15, 0.2) is 0 Å². The predicted octanol–water partition coefficient (Wildman–Crippen LogP) is 3.12. The molecule has 2 heterocycles. The molecule has 0 aromatic heterocycles. The second-order valence-electron chi connectivity index (χ2n) is 6.24. The molecule has 114 valence electrons. The smallest absolute Gasteiger partial charge is 0.255 e. The molecule has 2 atom stereocenters. The van der Waals surface area contributed by atoms with E-state index in [1.807, 2.05) is 13.8 Å². The molecule has 0 spiro atoms. The third-order valence-corrected chi connectivity index (χ3v) is 5.19. The van der Waals surface area contributed by atoms with Crippen molar-refractivity contribution in [2.45, 2.75) is 25.0 Å². The maximum Gasteiger partial charge on any atom is 0.255 e. The van der Waals surface area contributed by atoms with Crippen molar-refractivity contribution in [2.75, 3.05) is 26.3 Å². The van der Waals surface area contributed by atoms with Gasteiger partial charge in [0.05, 0.1) is 36.9 Å². The summed E-state index contributed by atoms with van der Waals surface area (Å²) in [6.07, 6.45) is 0. The van der Waals surface area contributed by atoms with Crippen LogP contribution < -0.4 is 0 Å². The second kappa shape index (κ2) is 5.23. The number of carbonyl (C=O) groups is 1. The summed E-state index contributed by atoms with van der Waals surface area (Å²) in [4.78, 5) is 14.7. The third kappa shape index (κ3) is 3.42. The van der Waals surface area contributed by atoms with Crippen molar-refractivity contribution in [3.63, 3.8) is 0 Å². The van der Waals surface area contributed by atoms with Crippen LogP contribution in [0.2, 0.25) is 5.02 Å². The van der Waals surface area contributed by atoms with E-state index in [1.54, 1.807) is 23.1 Å². The van der Waals surface area contributed by atoms with Gasteiger partial charge in [-0.05, 0) is 41.9 Å². The molecule has 0 radical (unpaired) electrons. The Kier molecular flexibility index (Phi) is 3.81. The summed E-state index contributed by atoms with van der Waals surface area (Å²) in [6, 6.07) is 5.31. The van der Waals surface area contributed by atoms with Crippen LogP contribution in [0.15, 0.2) is 22.7 Å². The first-order valence-corrected chi connectivity index (χ1v) is 8.00. The molecule has 1 aromatic carbocycles. The predicted molar refractivity (Wildman–Crippen MR) is 83.8 cm³/mol. The number of hydrogen-bond acceptors (Lipinski definition) is 3. The highest BCUT2D eigenvalue weighted by Gasteiger charge is 2.47. The Bertz CT molecular complexity index is 564. The SMILES string of the molecule is CC1(CN(CC2(C)CO2)C(=O)c2cccc(Cl)c2Br)CO1. The number of benzene rings is 1. The minimum absolute atomic E-state index is 0.0576. The number of carbonyl (C=O) groups excluding carboxylic acids is 1. The van der Waals surface area contributed by atoms with E-state index in [1.165, 1.54) is 0 Å². The monoisotopic (exact) mass is 373 g/mol. The summed E-state index contributed by atoms with van der Waals surface area (Å²) < 4.78 is 11.5. The summed E-state index contributed by atoms with van der Waals surface area (Å²) >= 11 is 9.48. The molecule has 2 unspecified atom stereocenters. The first kappa shape index (κ1) is 15.3. The fourth-order valence-electron chi connectivity index (χ4n) is 2.28. The quantitative estimate of drug-likeness (QED) is 0.744. The minimum Gasteiger partial charge on any atom is -0.368 e. The summed E-state index contributed by atoms with van der Waals surface area (Å²) in [5.74, 6) is -0.0576. The molecular formula is C15H17BrClNO3. The Balaban J connectivity index is 1.84.